The highest BCUT2D eigenvalue weighted by Gasteiger charge is 2.36. The molecule has 0 bridgehead atoms. The monoisotopic (exact) mass is 351 g/mol. The van der Waals surface area contributed by atoms with Crippen molar-refractivity contribution in [3.8, 4) is 0 Å². The average Bonchev–Trinajstić information content (AvgIpc) is 2.87. The molecule has 0 unspecified atom stereocenters. The molecule has 1 fully saturated rings. The van der Waals surface area contributed by atoms with Crippen LogP contribution in [0.2, 0.25) is 0 Å². The van der Waals surface area contributed by atoms with Crippen molar-refractivity contribution in [1.82, 2.24) is 14.7 Å². The number of hydrogen-bond acceptors (Lipinski definition) is 4. The van der Waals surface area contributed by atoms with E-state index in [-0.39, 0.29) is 24.0 Å². The Morgan fingerprint density at radius 2 is 2.17 bits per heavy atom. The van der Waals surface area contributed by atoms with E-state index in [9.17, 15) is 13.2 Å². The van der Waals surface area contributed by atoms with Crippen molar-refractivity contribution in [2.45, 2.75) is 51.6 Å². The molecule has 6 nitrogen and oxygen atoms in total. The number of amides is 1. The largest absolute Gasteiger partial charge is 0.330 e. The number of hydrogen-bond donors (Lipinski definition) is 0. The van der Waals surface area contributed by atoms with E-state index in [1.165, 1.54) is 0 Å². The molecule has 1 aromatic rings. The third kappa shape index (κ3) is 3.71. The van der Waals surface area contributed by atoms with Gasteiger partial charge in [-0.05, 0) is 32.6 Å². The van der Waals surface area contributed by atoms with Crippen LogP contribution in [0.3, 0.4) is 0 Å². The van der Waals surface area contributed by atoms with Crippen LogP contribution in [-0.4, -0.2) is 47.1 Å². The molecule has 1 aliphatic carbocycles. The highest BCUT2D eigenvalue weighted by molar-refractivity contribution is 7.91. The van der Waals surface area contributed by atoms with Crippen LogP contribution in [0, 0.1) is 0 Å². The maximum atomic E-state index is 13.0. The second-order valence-corrected chi connectivity index (χ2v) is 8.82. The van der Waals surface area contributed by atoms with Gasteiger partial charge in [-0.2, -0.15) is 5.10 Å². The summed E-state index contributed by atoms with van der Waals surface area (Å²) in [7, 11) is -3.13. The van der Waals surface area contributed by atoms with Gasteiger partial charge < -0.3 is 4.90 Å². The predicted molar refractivity (Wildman–Crippen MR) is 92.2 cm³/mol. The molecular weight excluding hydrogens is 326 g/mol. The van der Waals surface area contributed by atoms with E-state index >= 15 is 0 Å². The summed E-state index contributed by atoms with van der Waals surface area (Å²) < 4.78 is 26.0. The number of carbonyl (C=O) groups excluding carboxylic acids is 1. The molecule has 24 heavy (non-hydrogen) atoms. The summed E-state index contributed by atoms with van der Waals surface area (Å²) in [5.41, 5.74) is 1.65. The first-order valence-corrected chi connectivity index (χ1v) is 10.5. The lowest BCUT2D eigenvalue weighted by molar-refractivity contribution is -0.129. The van der Waals surface area contributed by atoms with Crippen molar-refractivity contribution in [1.29, 1.82) is 0 Å². The quantitative estimate of drug-likeness (QED) is 0.836. The number of rotatable bonds is 3. The number of allylic oxidation sites excluding steroid dienone is 1. The molecule has 1 aliphatic heterocycles. The number of aryl methyl sites for hydroxylation is 1. The normalized spacial score (nSPS) is 24.3. The van der Waals surface area contributed by atoms with Crippen molar-refractivity contribution in [3.63, 3.8) is 0 Å². The molecule has 132 valence electrons. The molecule has 2 aliphatic rings. The van der Waals surface area contributed by atoms with Gasteiger partial charge in [0.15, 0.2) is 9.84 Å². The van der Waals surface area contributed by atoms with Gasteiger partial charge in [0.2, 0.25) is 5.91 Å². The van der Waals surface area contributed by atoms with Crippen LogP contribution < -0.4 is 0 Å². The topological polar surface area (TPSA) is 72.3 Å². The van der Waals surface area contributed by atoms with Crippen LogP contribution in [0.1, 0.15) is 50.6 Å². The Labute approximate surface area is 143 Å². The summed E-state index contributed by atoms with van der Waals surface area (Å²) in [6, 6.07) is -0.430. The van der Waals surface area contributed by atoms with Crippen LogP contribution in [0.25, 0.3) is 0 Å². The second-order valence-electron chi connectivity index (χ2n) is 6.59. The van der Waals surface area contributed by atoms with Gasteiger partial charge in [-0.15, -0.1) is 0 Å². The summed E-state index contributed by atoms with van der Waals surface area (Å²) in [6.45, 7) is 2.96. The summed E-state index contributed by atoms with van der Waals surface area (Å²) in [5, 5.41) is 4.25. The predicted octanol–water partition coefficient (Wildman–Crippen LogP) is 2.09. The minimum atomic E-state index is -3.13. The van der Waals surface area contributed by atoms with E-state index in [1.807, 2.05) is 19.2 Å². The van der Waals surface area contributed by atoms with Gasteiger partial charge in [0.05, 0.1) is 23.7 Å². The van der Waals surface area contributed by atoms with Gasteiger partial charge in [0.25, 0.3) is 0 Å². The van der Waals surface area contributed by atoms with E-state index in [0.717, 1.165) is 49.8 Å². The Hall–Kier alpha value is -1.63. The van der Waals surface area contributed by atoms with Crippen LogP contribution in [0.5, 0.6) is 0 Å². The van der Waals surface area contributed by atoms with Gasteiger partial charge >= 0.3 is 0 Å². The molecular formula is C17H25N3O3S. The molecule has 0 spiro atoms. The standard InChI is InChI=1S/C17H25N3O3S/c1-2-19-12-15(11-18-19)16-13-24(22,23)10-9-20(16)17(21)14-7-5-3-4-6-8-14/h7,11-12,16H,2-6,8-10,13H2,1H3/t16-/m0/s1. The van der Waals surface area contributed by atoms with Gasteiger partial charge in [-0.25, -0.2) is 8.42 Å². The Morgan fingerprint density at radius 3 is 2.92 bits per heavy atom. The Bertz CT molecular complexity index is 736. The maximum Gasteiger partial charge on any atom is 0.250 e. The molecule has 3 rings (SSSR count). The molecule has 0 radical (unpaired) electrons. The fourth-order valence-electron chi connectivity index (χ4n) is 3.44. The Morgan fingerprint density at radius 1 is 1.33 bits per heavy atom. The van der Waals surface area contributed by atoms with Crippen LogP contribution >= 0.6 is 0 Å². The lowest BCUT2D eigenvalue weighted by Crippen LogP contribution is -2.46. The fourth-order valence-corrected chi connectivity index (χ4v) is 4.94. The molecule has 1 atom stereocenters. The molecule has 0 saturated carbocycles. The van der Waals surface area contributed by atoms with Crippen molar-refractivity contribution in [2.24, 2.45) is 0 Å². The minimum absolute atomic E-state index is 0.000971. The third-order valence-corrected chi connectivity index (χ3v) is 6.50. The maximum absolute atomic E-state index is 13.0. The number of carbonyl (C=O) groups is 1. The van der Waals surface area contributed by atoms with E-state index in [1.54, 1.807) is 15.8 Å². The van der Waals surface area contributed by atoms with Crippen molar-refractivity contribution < 1.29 is 13.2 Å². The molecule has 7 heteroatoms. The SMILES string of the molecule is CCn1cc([C@@H]2CS(=O)(=O)CCN2C(=O)C2=CCCCCC2)cn1. The van der Waals surface area contributed by atoms with Crippen LogP contribution in [0.4, 0.5) is 0 Å². The zero-order valence-corrected chi connectivity index (χ0v) is 15.0. The van der Waals surface area contributed by atoms with Gasteiger partial charge in [-0.1, -0.05) is 12.5 Å². The van der Waals surface area contributed by atoms with Crippen LogP contribution in [-0.2, 0) is 21.2 Å². The van der Waals surface area contributed by atoms with E-state index in [4.69, 9.17) is 0 Å². The summed E-state index contributed by atoms with van der Waals surface area (Å²) >= 11 is 0. The number of sulfone groups is 1. The number of nitrogens with zero attached hydrogens (tertiary/aromatic N) is 3. The van der Waals surface area contributed by atoms with Crippen molar-refractivity contribution in [2.75, 3.05) is 18.1 Å². The lowest BCUT2D eigenvalue weighted by Gasteiger charge is -2.35. The first kappa shape index (κ1) is 17.2. The van der Waals surface area contributed by atoms with E-state index < -0.39 is 15.9 Å². The smallest absolute Gasteiger partial charge is 0.250 e. The summed E-state index contributed by atoms with van der Waals surface area (Å²) in [4.78, 5) is 14.8. The number of aromatic nitrogens is 2. The fraction of sp³-hybridized carbons (Fsp3) is 0.647. The van der Waals surface area contributed by atoms with E-state index in [2.05, 4.69) is 5.10 Å². The van der Waals surface area contributed by atoms with Crippen molar-refractivity contribution >= 4 is 15.7 Å². The molecule has 0 aromatic carbocycles. The molecule has 1 amide bonds. The lowest BCUT2D eigenvalue weighted by atomic mass is 10.1. The van der Waals surface area contributed by atoms with Crippen LogP contribution in [0.15, 0.2) is 24.0 Å². The van der Waals surface area contributed by atoms with Crippen molar-refractivity contribution in [3.05, 3.63) is 29.6 Å². The first-order valence-electron chi connectivity index (χ1n) is 8.73. The highest BCUT2D eigenvalue weighted by atomic mass is 32.2. The van der Waals surface area contributed by atoms with Gasteiger partial charge in [-0.3, -0.25) is 9.48 Å². The third-order valence-electron chi connectivity index (χ3n) is 4.87. The van der Waals surface area contributed by atoms with Gasteiger partial charge in [0.1, 0.15) is 0 Å². The average molecular weight is 351 g/mol. The molecule has 2 heterocycles. The summed E-state index contributed by atoms with van der Waals surface area (Å²) in [6.07, 6.45) is 10.6. The highest BCUT2D eigenvalue weighted by Crippen LogP contribution is 2.30. The first-order chi connectivity index (χ1) is 11.5. The second kappa shape index (κ2) is 7.09. The summed E-state index contributed by atoms with van der Waals surface area (Å²) in [5.74, 6) is 0.0346. The zero-order valence-electron chi connectivity index (χ0n) is 14.1. The molecule has 1 aromatic heterocycles. The van der Waals surface area contributed by atoms with E-state index in [0.29, 0.717) is 0 Å². The minimum Gasteiger partial charge on any atom is -0.330 e. The molecule has 1 saturated heterocycles. The zero-order chi connectivity index (χ0) is 17.2. The van der Waals surface area contributed by atoms with Gasteiger partial charge in [0, 0.05) is 30.4 Å². The Balaban J connectivity index is 1.88. The molecule has 0 N–H and O–H groups in total. The Kier molecular flexibility index (Phi) is 5.08.